The predicted molar refractivity (Wildman–Crippen MR) is 73.0 cm³/mol. The highest BCUT2D eigenvalue weighted by Crippen LogP contribution is 2.47. The summed E-state index contributed by atoms with van der Waals surface area (Å²) in [5, 5.41) is 0. The summed E-state index contributed by atoms with van der Waals surface area (Å²) in [4.78, 5) is 24.7. The van der Waals surface area contributed by atoms with Gasteiger partial charge in [0.05, 0.1) is 7.11 Å². The Labute approximate surface area is 112 Å². The molecule has 1 aliphatic heterocycles. The van der Waals surface area contributed by atoms with E-state index in [9.17, 15) is 9.59 Å². The highest BCUT2D eigenvalue weighted by molar-refractivity contribution is 5.98. The molecule has 1 atom stereocenters. The van der Waals surface area contributed by atoms with Crippen molar-refractivity contribution in [2.24, 2.45) is 0 Å². The van der Waals surface area contributed by atoms with Crippen LogP contribution in [0, 0.1) is 0 Å². The third-order valence-electron chi connectivity index (χ3n) is 3.70. The molecule has 4 heteroatoms. The van der Waals surface area contributed by atoms with Gasteiger partial charge in [-0.3, -0.25) is 0 Å². The summed E-state index contributed by atoms with van der Waals surface area (Å²) in [6.45, 7) is 8.09. The summed E-state index contributed by atoms with van der Waals surface area (Å²) < 4.78 is 4.69. The quantitative estimate of drug-likeness (QED) is 0.473. The average Bonchev–Trinajstić information content (AvgIpc) is 2.61. The molecule has 2 rings (SSSR count). The van der Waals surface area contributed by atoms with Gasteiger partial charge in [0.2, 0.25) is 0 Å². The second-order valence-electron chi connectivity index (χ2n) is 5.06. The minimum absolute atomic E-state index is 0.314. The normalized spacial score (nSPS) is 17.8. The number of hydrogen-bond donors (Lipinski definition) is 0. The van der Waals surface area contributed by atoms with Crippen LogP contribution in [0.25, 0.3) is 0 Å². The Bertz CT molecular complexity index is 548. The Kier molecular flexibility index (Phi) is 3.18. The van der Waals surface area contributed by atoms with Crippen LogP contribution in [-0.2, 0) is 19.7 Å². The van der Waals surface area contributed by atoms with Gasteiger partial charge >= 0.3 is 5.97 Å². The summed E-state index contributed by atoms with van der Waals surface area (Å²) in [6.07, 6.45) is 0.592. The van der Waals surface area contributed by atoms with Crippen LogP contribution in [0.1, 0.15) is 19.4 Å². The van der Waals surface area contributed by atoms with E-state index in [4.69, 9.17) is 4.74 Å². The first-order chi connectivity index (χ1) is 8.95. The maximum atomic E-state index is 11.8. The first kappa shape index (κ1) is 13.3. The van der Waals surface area contributed by atoms with E-state index in [2.05, 4.69) is 6.58 Å². The van der Waals surface area contributed by atoms with Crippen LogP contribution >= 0.6 is 0 Å². The highest BCUT2D eigenvalue weighted by atomic mass is 16.5. The van der Waals surface area contributed by atoms with Crippen molar-refractivity contribution in [1.29, 1.82) is 0 Å². The Balaban J connectivity index is 2.56. The molecule has 0 amide bonds. The van der Waals surface area contributed by atoms with E-state index in [-0.39, 0.29) is 5.41 Å². The molecule has 100 valence electrons. The number of methoxy groups -OCH3 is 1. The molecule has 1 aliphatic rings. The van der Waals surface area contributed by atoms with Gasteiger partial charge in [-0.05, 0) is 11.6 Å². The third-order valence-corrected chi connectivity index (χ3v) is 3.70. The fourth-order valence-electron chi connectivity index (χ4n) is 2.47. The van der Waals surface area contributed by atoms with Crippen LogP contribution in [-0.4, -0.2) is 25.4 Å². The number of benzene rings is 1. The van der Waals surface area contributed by atoms with E-state index in [1.54, 1.807) is 4.90 Å². The number of rotatable bonds is 3. The molecule has 0 N–H and O–H groups in total. The summed E-state index contributed by atoms with van der Waals surface area (Å²) in [6, 6.07) is 6.69. The standard InChI is InChI=1S/C15H17NO3/c1-10-15(2,3)11-7-5-6-8-12(11)16(10)13(9-17)14(18)19-4/h5-9,13H,1H2,2-4H3. The molecule has 0 radical (unpaired) electrons. The molecule has 0 spiro atoms. The molecule has 0 bridgehead atoms. The highest BCUT2D eigenvalue weighted by Gasteiger charge is 2.43. The summed E-state index contributed by atoms with van der Waals surface area (Å²) in [5.74, 6) is -0.580. The molecule has 1 aromatic carbocycles. The Morgan fingerprint density at radius 2 is 2.05 bits per heavy atom. The van der Waals surface area contributed by atoms with Crippen molar-refractivity contribution < 1.29 is 14.3 Å². The van der Waals surface area contributed by atoms with E-state index in [0.717, 1.165) is 16.9 Å². The SMILES string of the molecule is C=C1N(C(C=O)C(=O)OC)c2ccccc2C1(C)C. The lowest BCUT2D eigenvalue weighted by Crippen LogP contribution is -2.42. The van der Waals surface area contributed by atoms with Gasteiger partial charge < -0.3 is 14.4 Å². The monoisotopic (exact) mass is 259 g/mol. The fourth-order valence-corrected chi connectivity index (χ4v) is 2.47. The molecule has 0 aliphatic carbocycles. The topological polar surface area (TPSA) is 46.6 Å². The number of ether oxygens (including phenoxy) is 1. The molecule has 1 unspecified atom stereocenters. The number of carbonyl (C=O) groups is 2. The zero-order chi connectivity index (χ0) is 14.2. The smallest absolute Gasteiger partial charge is 0.336 e. The summed E-state index contributed by atoms with van der Waals surface area (Å²) in [7, 11) is 1.27. The number of fused-ring (bicyclic) bond motifs is 1. The number of nitrogens with zero attached hydrogens (tertiary/aromatic N) is 1. The van der Waals surface area contributed by atoms with Crippen molar-refractivity contribution in [3.8, 4) is 0 Å². The molecule has 0 fully saturated rings. The van der Waals surface area contributed by atoms with Gasteiger partial charge in [0, 0.05) is 16.8 Å². The van der Waals surface area contributed by atoms with Crippen molar-refractivity contribution in [1.82, 2.24) is 0 Å². The zero-order valence-electron chi connectivity index (χ0n) is 11.3. The van der Waals surface area contributed by atoms with Crippen molar-refractivity contribution >= 4 is 17.9 Å². The molecule has 19 heavy (non-hydrogen) atoms. The number of hydrogen-bond acceptors (Lipinski definition) is 4. The Morgan fingerprint density at radius 1 is 1.42 bits per heavy atom. The van der Waals surface area contributed by atoms with Crippen LogP contribution < -0.4 is 4.90 Å². The van der Waals surface area contributed by atoms with Gasteiger partial charge in [-0.25, -0.2) is 4.79 Å². The summed E-state index contributed by atoms with van der Waals surface area (Å²) >= 11 is 0. The average molecular weight is 259 g/mol. The van der Waals surface area contributed by atoms with Crippen LogP contribution in [0.3, 0.4) is 0 Å². The van der Waals surface area contributed by atoms with Gasteiger partial charge in [0.15, 0.2) is 12.3 Å². The van der Waals surface area contributed by atoms with Crippen LogP contribution in [0.2, 0.25) is 0 Å². The molecule has 0 saturated carbocycles. The number of carbonyl (C=O) groups excluding carboxylic acids is 2. The molecule has 0 aromatic heterocycles. The molecule has 1 aromatic rings. The fraction of sp³-hybridized carbons (Fsp3) is 0.333. The third kappa shape index (κ3) is 1.84. The largest absolute Gasteiger partial charge is 0.467 e. The molecular formula is C15H17NO3. The maximum absolute atomic E-state index is 11.8. The van der Waals surface area contributed by atoms with Crippen molar-refractivity contribution in [2.75, 3.05) is 12.0 Å². The second kappa shape index (κ2) is 4.53. The second-order valence-corrected chi connectivity index (χ2v) is 5.06. The minimum Gasteiger partial charge on any atom is -0.467 e. The van der Waals surface area contributed by atoms with Crippen molar-refractivity contribution in [3.63, 3.8) is 0 Å². The van der Waals surface area contributed by atoms with Gasteiger partial charge in [-0.15, -0.1) is 0 Å². The van der Waals surface area contributed by atoms with E-state index in [1.807, 2.05) is 38.1 Å². The lowest BCUT2D eigenvalue weighted by Gasteiger charge is -2.28. The first-order valence-electron chi connectivity index (χ1n) is 6.06. The Hall–Kier alpha value is -2.10. The van der Waals surface area contributed by atoms with E-state index >= 15 is 0 Å². The van der Waals surface area contributed by atoms with E-state index < -0.39 is 12.0 Å². The maximum Gasteiger partial charge on any atom is 0.336 e. The van der Waals surface area contributed by atoms with Crippen LogP contribution in [0.5, 0.6) is 0 Å². The van der Waals surface area contributed by atoms with Gasteiger partial charge in [0.25, 0.3) is 0 Å². The predicted octanol–water partition coefficient (Wildman–Crippen LogP) is 2.04. The first-order valence-corrected chi connectivity index (χ1v) is 6.06. The van der Waals surface area contributed by atoms with Crippen LogP contribution in [0.15, 0.2) is 36.5 Å². The number of aldehydes is 1. The lowest BCUT2D eigenvalue weighted by molar-refractivity contribution is -0.143. The molecular weight excluding hydrogens is 242 g/mol. The van der Waals surface area contributed by atoms with Gasteiger partial charge in [0.1, 0.15) is 0 Å². The summed E-state index contributed by atoms with van der Waals surface area (Å²) in [5.41, 5.74) is 2.29. The Morgan fingerprint density at radius 3 is 2.63 bits per heavy atom. The van der Waals surface area contributed by atoms with Crippen LogP contribution in [0.4, 0.5) is 5.69 Å². The van der Waals surface area contributed by atoms with Crippen molar-refractivity contribution in [2.45, 2.75) is 25.3 Å². The number of para-hydroxylation sites is 1. The number of allylic oxidation sites excluding steroid dienone is 1. The van der Waals surface area contributed by atoms with Crippen molar-refractivity contribution in [3.05, 3.63) is 42.1 Å². The molecule has 1 heterocycles. The van der Waals surface area contributed by atoms with Gasteiger partial charge in [-0.2, -0.15) is 0 Å². The zero-order valence-corrected chi connectivity index (χ0v) is 11.3. The van der Waals surface area contributed by atoms with E-state index in [1.165, 1.54) is 7.11 Å². The lowest BCUT2D eigenvalue weighted by atomic mass is 9.84. The molecule has 4 nitrogen and oxygen atoms in total. The molecule has 0 saturated heterocycles. The van der Waals surface area contributed by atoms with Gasteiger partial charge in [-0.1, -0.05) is 38.6 Å². The van der Waals surface area contributed by atoms with E-state index in [0.29, 0.717) is 6.29 Å². The number of anilines is 1. The number of esters is 1. The minimum atomic E-state index is -0.986.